The normalized spacial score (nSPS) is 20.1. The molecule has 2 unspecified atom stereocenters. The Morgan fingerprint density at radius 1 is 1.59 bits per heavy atom. The summed E-state index contributed by atoms with van der Waals surface area (Å²) in [6.07, 6.45) is -0.103. The number of carbonyl (C=O) groups excluding carboxylic acids is 1. The number of hydrogen-bond acceptors (Lipinski definition) is 4. The fourth-order valence-corrected chi connectivity index (χ4v) is 1.96. The molecule has 92 valence electrons. The van der Waals surface area contributed by atoms with Crippen molar-refractivity contribution in [3.8, 4) is 5.75 Å². The maximum Gasteiger partial charge on any atom is 0.303 e. The lowest BCUT2D eigenvalue weighted by Crippen LogP contribution is -2.30. The maximum atomic E-state index is 10.9. The largest absolute Gasteiger partial charge is 0.489 e. The van der Waals surface area contributed by atoms with Crippen molar-refractivity contribution in [3.05, 3.63) is 29.3 Å². The number of benzene rings is 1. The third-order valence-corrected chi connectivity index (χ3v) is 2.77. The molecule has 2 rings (SSSR count). The zero-order valence-corrected chi connectivity index (χ0v) is 9.97. The van der Waals surface area contributed by atoms with Crippen LogP contribution in [0.5, 0.6) is 5.75 Å². The van der Waals surface area contributed by atoms with Crippen LogP contribution in [-0.4, -0.2) is 23.8 Å². The number of fused-ring (bicyclic) bond motifs is 1. The molecule has 0 amide bonds. The number of ether oxygens (including phenoxy) is 2. The molecule has 0 bridgehead atoms. The van der Waals surface area contributed by atoms with E-state index >= 15 is 0 Å². The van der Waals surface area contributed by atoms with Crippen molar-refractivity contribution in [2.24, 2.45) is 0 Å². The van der Waals surface area contributed by atoms with Gasteiger partial charge in [0.1, 0.15) is 18.5 Å². The average molecular weight is 236 g/mol. The van der Waals surface area contributed by atoms with Crippen LogP contribution < -0.4 is 4.74 Å². The number of rotatable bonds is 2. The third kappa shape index (κ3) is 2.77. The van der Waals surface area contributed by atoms with Gasteiger partial charge in [0.2, 0.25) is 0 Å². The molecule has 0 spiro atoms. The summed E-state index contributed by atoms with van der Waals surface area (Å²) in [7, 11) is 0. The molecule has 1 aromatic rings. The van der Waals surface area contributed by atoms with E-state index in [0.29, 0.717) is 13.0 Å². The fraction of sp³-hybridized carbons (Fsp3) is 0.462. The van der Waals surface area contributed by atoms with Crippen molar-refractivity contribution >= 4 is 5.97 Å². The summed E-state index contributed by atoms with van der Waals surface area (Å²) in [6.45, 7) is 3.50. The van der Waals surface area contributed by atoms with Gasteiger partial charge in [-0.15, -0.1) is 0 Å². The molecule has 1 N–H and O–H groups in total. The number of hydrogen-bond donors (Lipinski definition) is 1. The van der Waals surface area contributed by atoms with Gasteiger partial charge in [0.25, 0.3) is 0 Å². The minimum atomic E-state index is -0.505. The first-order valence-electron chi connectivity index (χ1n) is 5.67. The van der Waals surface area contributed by atoms with Gasteiger partial charge in [-0.25, -0.2) is 0 Å². The molecule has 1 heterocycles. The molecule has 1 aliphatic rings. The minimum absolute atomic E-state index is 0.232. The van der Waals surface area contributed by atoms with Crippen LogP contribution in [0.25, 0.3) is 0 Å². The van der Waals surface area contributed by atoms with Crippen LogP contribution in [0, 0.1) is 0 Å². The van der Waals surface area contributed by atoms with Crippen LogP contribution in [-0.2, 0) is 16.0 Å². The molecule has 4 nitrogen and oxygen atoms in total. The third-order valence-electron chi connectivity index (χ3n) is 2.77. The molecule has 0 fully saturated rings. The zero-order valence-electron chi connectivity index (χ0n) is 9.97. The first-order chi connectivity index (χ1) is 8.06. The van der Waals surface area contributed by atoms with Crippen molar-refractivity contribution < 1.29 is 19.4 Å². The summed E-state index contributed by atoms with van der Waals surface area (Å²) in [4.78, 5) is 10.9. The SMILES string of the molecule is CC(=O)OC1COc2ccc(C(C)O)cc2C1. The van der Waals surface area contributed by atoms with E-state index < -0.39 is 6.10 Å². The Hall–Kier alpha value is -1.55. The Labute approximate surface area is 100 Å². The standard InChI is InChI=1S/C13H16O4/c1-8(14)10-3-4-13-11(5-10)6-12(7-16-13)17-9(2)15/h3-5,8,12,14H,6-7H2,1-2H3. The van der Waals surface area contributed by atoms with Crippen molar-refractivity contribution in [2.75, 3.05) is 6.61 Å². The van der Waals surface area contributed by atoms with Crippen molar-refractivity contribution in [1.29, 1.82) is 0 Å². The molecule has 0 radical (unpaired) electrons. The predicted molar refractivity (Wildman–Crippen MR) is 61.8 cm³/mol. The Morgan fingerprint density at radius 3 is 3.00 bits per heavy atom. The van der Waals surface area contributed by atoms with Gasteiger partial charge in [-0.3, -0.25) is 4.79 Å². The van der Waals surface area contributed by atoms with Crippen LogP contribution in [0.3, 0.4) is 0 Å². The number of carbonyl (C=O) groups is 1. The highest BCUT2D eigenvalue weighted by Crippen LogP contribution is 2.28. The summed E-state index contributed by atoms with van der Waals surface area (Å²) < 4.78 is 10.6. The molecule has 0 aliphatic carbocycles. The van der Waals surface area contributed by atoms with E-state index in [2.05, 4.69) is 0 Å². The van der Waals surface area contributed by atoms with E-state index in [4.69, 9.17) is 9.47 Å². The summed E-state index contributed by atoms with van der Waals surface area (Å²) >= 11 is 0. The van der Waals surface area contributed by atoms with Gasteiger partial charge in [0.05, 0.1) is 6.10 Å². The van der Waals surface area contributed by atoms with E-state index in [9.17, 15) is 9.90 Å². The Kier molecular flexibility index (Phi) is 3.33. The van der Waals surface area contributed by atoms with Gasteiger partial charge in [0, 0.05) is 13.3 Å². The second-order valence-corrected chi connectivity index (χ2v) is 4.29. The molecular formula is C13H16O4. The van der Waals surface area contributed by atoms with Gasteiger partial charge in [-0.1, -0.05) is 6.07 Å². The van der Waals surface area contributed by atoms with Crippen LogP contribution in [0.1, 0.15) is 31.1 Å². The molecule has 0 aromatic heterocycles. The molecule has 17 heavy (non-hydrogen) atoms. The maximum absolute atomic E-state index is 10.9. The lowest BCUT2D eigenvalue weighted by Gasteiger charge is -2.25. The van der Waals surface area contributed by atoms with Gasteiger partial charge >= 0.3 is 5.97 Å². The molecule has 1 aliphatic heterocycles. The van der Waals surface area contributed by atoms with E-state index in [1.54, 1.807) is 6.92 Å². The van der Waals surface area contributed by atoms with E-state index in [1.165, 1.54) is 6.92 Å². The van der Waals surface area contributed by atoms with Crippen molar-refractivity contribution in [1.82, 2.24) is 0 Å². The molecule has 2 atom stereocenters. The highest BCUT2D eigenvalue weighted by Gasteiger charge is 2.22. The number of esters is 1. The average Bonchev–Trinajstić information content (AvgIpc) is 2.27. The molecule has 0 saturated carbocycles. The zero-order chi connectivity index (χ0) is 12.4. The molecule has 4 heteroatoms. The molecule has 1 aromatic carbocycles. The summed E-state index contributed by atoms with van der Waals surface area (Å²) in [5, 5.41) is 9.51. The van der Waals surface area contributed by atoms with Crippen molar-refractivity contribution in [2.45, 2.75) is 32.5 Å². The fourth-order valence-electron chi connectivity index (χ4n) is 1.96. The molecular weight excluding hydrogens is 220 g/mol. The number of aliphatic hydroxyl groups is 1. The first-order valence-corrected chi connectivity index (χ1v) is 5.67. The predicted octanol–water partition coefficient (Wildman–Crippen LogP) is 1.61. The van der Waals surface area contributed by atoms with Crippen LogP contribution in [0.4, 0.5) is 0 Å². The van der Waals surface area contributed by atoms with Crippen LogP contribution in [0.15, 0.2) is 18.2 Å². The Balaban J connectivity index is 2.17. The minimum Gasteiger partial charge on any atom is -0.489 e. The Morgan fingerprint density at radius 2 is 2.35 bits per heavy atom. The van der Waals surface area contributed by atoms with Gasteiger partial charge in [0.15, 0.2) is 0 Å². The lowest BCUT2D eigenvalue weighted by molar-refractivity contribution is -0.148. The second kappa shape index (κ2) is 4.75. The highest BCUT2D eigenvalue weighted by atomic mass is 16.6. The second-order valence-electron chi connectivity index (χ2n) is 4.29. The van der Waals surface area contributed by atoms with Gasteiger partial charge in [-0.2, -0.15) is 0 Å². The summed E-state index contributed by atoms with van der Waals surface area (Å²) in [6, 6.07) is 5.59. The van der Waals surface area contributed by atoms with Crippen LogP contribution >= 0.6 is 0 Å². The number of aliphatic hydroxyl groups excluding tert-OH is 1. The van der Waals surface area contributed by atoms with Crippen molar-refractivity contribution in [3.63, 3.8) is 0 Å². The Bertz CT molecular complexity index is 425. The lowest BCUT2D eigenvalue weighted by atomic mass is 10.00. The first kappa shape index (κ1) is 11.9. The van der Waals surface area contributed by atoms with E-state index in [0.717, 1.165) is 16.9 Å². The van der Waals surface area contributed by atoms with Crippen LogP contribution in [0.2, 0.25) is 0 Å². The summed E-state index contributed by atoms with van der Waals surface area (Å²) in [5.74, 6) is 0.506. The highest BCUT2D eigenvalue weighted by molar-refractivity contribution is 5.66. The monoisotopic (exact) mass is 236 g/mol. The summed E-state index contributed by atoms with van der Waals surface area (Å²) in [5.41, 5.74) is 1.82. The van der Waals surface area contributed by atoms with Gasteiger partial charge in [-0.05, 0) is 30.2 Å². The van der Waals surface area contributed by atoms with Gasteiger partial charge < -0.3 is 14.6 Å². The topological polar surface area (TPSA) is 55.8 Å². The van der Waals surface area contributed by atoms with E-state index in [1.807, 2.05) is 18.2 Å². The van der Waals surface area contributed by atoms with E-state index in [-0.39, 0.29) is 12.1 Å². The quantitative estimate of drug-likeness (QED) is 0.792. The molecule has 0 saturated heterocycles. The smallest absolute Gasteiger partial charge is 0.303 e.